The number of thioether (sulfide) groups is 1. The molecule has 0 amide bonds. The van der Waals surface area contributed by atoms with Crippen LogP contribution in [0.25, 0.3) is 0 Å². The molecule has 0 aromatic rings. The third kappa shape index (κ3) is 10.0. The van der Waals surface area contributed by atoms with Gasteiger partial charge in [-0.1, -0.05) is 11.8 Å². The van der Waals surface area contributed by atoms with Gasteiger partial charge in [-0.05, 0) is 46.8 Å². The Hall–Kier alpha value is -0.290. The van der Waals surface area contributed by atoms with Crippen LogP contribution >= 0.6 is 24.0 Å². The molecule has 0 aromatic carbocycles. The topological polar surface area (TPSA) is 35.5 Å². The maximum Gasteiger partial charge on any atom is 0.316 e. The minimum atomic E-state index is -0.446. The third-order valence-corrected chi connectivity index (χ3v) is 2.22. The van der Waals surface area contributed by atoms with E-state index in [0.29, 0.717) is 4.38 Å². The average Bonchev–Trinajstić information content (AvgIpc) is 1.96. The van der Waals surface area contributed by atoms with Gasteiger partial charge in [-0.15, -0.1) is 0 Å². The number of rotatable bonds is 3. The van der Waals surface area contributed by atoms with Crippen LogP contribution in [0.2, 0.25) is 0 Å². The summed E-state index contributed by atoms with van der Waals surface area (Å²) in [5, 5.41) is 0. The molecule has 0 bridgehead atoms. The molecule has 3 nitrogen and oxygen atoms in total. The highest BCUT2D eigenvalue weighted by Crippen LogP contribution is 2.12. The summed E-state index contributed by atoms with van der Waals surface area (Å²) in [5.41, 5.74) is -0.446. The van der Waals surface area contributed by atoms with E-state index < -0.39 is 5.60 Å². The minimum Gasteiger partial charge on any atom is -0.476 e. The molecule has 0 heterocycles. The minimum absolute atomic E-state index is 0.0450. The van der Waals surface area contributed by atoms with Gasteiger partial charge in [-0.25, -0.2) is 0 Å². The van der Waals surface area contributed by atoms with Crippen molar-refractivity contribution in [3.8, 4) is 0 Å². The van der Waals surface area contributed by atoms with Crippen molar-refractivity contribution in [2.45, 2.75) is 46.3 Å². The Morgan fingerprint density at radius 2 is 1.93 bits per heavy atom. The number of ether oxygens (including phenoxy) is 2. The highest BCUT2D eigenvalue weighted by molar-refractivity contribution is 8.23. The molecular formula is C10H18O3S2. The van der Waals surface area contributed by atoms with Crippen LogP contribution in [0.5, 0.6) is 0 Å². The third-order valence-electron chi connectivity index (χ3n) is 1.06. The highest BCUT2D eigenvalue weighted by Gasteiger charge is 2.17. The molecule has 15 heavy (non-hydrogen) atoms. The Morgan fingerprint density at radius 1 is 1.40 bits per heavy atom. The monoisotopic (exact) mass is 250 g/mol. The van der Waals surface area contributed by atoms with Gasteiger partial charge in [-0.3, -0.25) is 4.79 Å². The zero-order valence-electron chi connectivity index (χ0n) is 9.83. The predicted molar refractivity (Wildman–Crippen MR) is 67.1 cm³/mol. The maximum absolute atomic E-state index is 11.3. The van der Waals surface area contributed by atoms with Gasteiger partial charge >= 0.3 is 5.97 Å². The van der Waals surface area contributed by atoms with Crippen molar-refractivity contribution in [3.63, 3.8) is 0 Å². The van der Waals surface area contributed by atoms with Gasteiger partial charge in [0.2, 0.25) is 4.38 Å². The molecule has 0 saturated heterocycles. The molecule has 0 radical (unpaired) electrons. The standard InChI is InChI=1S/C10H18O3S2/c1-7(2)12-9(14)15-6-8(11)13-10(3,4)5/h7H,6H2,1-5H3. The fourth-order valence-electron chi connectivity index (χ4n) is 0.715. The van der Waals surface area contributed by atoms with Gasteiger partial charge in [0.25, 0.3) is 0 Å². The SMILES string of the molecule is CC(C)OC(=S)SCC(=O)OC(C)(C)C. The molecule has 0 rings (SSSR count). The van der Waals surface area contributed by atoms with Crippen molar-refractivity contribution in [1.29, 1.82) is 0 Å². The van der Waals surface area contributed by atoms with E-state index in [1.54, 1.807) is 0 Å². The summed E-state index contributed by atoms with van der Waals surface area (Å²) in [6.07, 6.45) is 0.0450. The summed E-state index contributed by atoms with van der Waals surface area (Å²) >= 11 is 6.11. The van der Waals surface area contributed by atoms with E-state index in [1.165, 1.54) is 11.8 Å². The van der Waals surface area contributed by atoms with Crippen molar-refractivity contribution in [3.05, 3.63) is 0 Å². The maximum atomic E-state index is 11.3. The lowest BCUT2D eigenvalue weighted by molar-refractivity contribution is -0.151. The lowest BCUT2D eigenvalue weighted by Crippen LogP contribution is -2.25. The summed E-state index contributed by atoms with van der Waals surface area (Å²) in [5.74, 6) is -0.0785. The van der Waals surface area contributed by atoms with E-state index >= 15 is 0 Å². The second-order valence-corrected chi connectivity index (χ2v) is 5.87. The largest absolute Gasteiger partial charge is 0.476 e. The van der Waals surface area contributed by atoms with Crippen molar-refractivity contribution < 1.29 is 14.3 Å². The number of carbonyl (C=O) groups is 1. The molecule has 0 aromatic heterocycles. The van der Waals surface area contributed by atoms with Gasteiger partial charge in [0.15, 0.2) is 0 Å². The zero-order valence-corrected chi connectivity index (χ0v) is 11.5. The zero-order chi connectivity index (χ0) is 12.1. The van der Waals surface area contributed by atoms with Crippen molar-refractivity contribution in [2.24, 2.45) is 0 Å². The first-order valence-electron chi connectivity index (χ1n) is 4.76. The summed E-state index contributed by atoms with van der Waals surface area (Å²) in [4.78, 5) is 11.3. The fourth-order valence-corrected chi connectivity index (χ4v) is 1.64. The van der Waals surface area contributed by atoms with Crippen molar-refractivity contribution in [2.75, 3.05) is 5.75 Å². The Labute approximate surface area is 101 Å². The highest BCUT2D eigenvalue weighted by atomic mass is 32.2. The second-order valence-electron chi connectivity index (χ2n) is 4.29. The molecule has 0 fully saturated rings. The molecule has 88 valence electrons. The average molecular weight is 250 g/mol. The van der Waals surface area contributed by atoms with E-state index in [4.69, 9.17) is 21.7 Å². The molecule has 0 saturated carbocycles. The molecule has 5 heteroatoms. The molecule has 0 unspecified atom stereocenters. The van der Waals surface area contributed by atoms with Gasteiger partial charge in [0, 0.05) is 0 Å². The van der Waals surface area contributed by atoms with Crippen LogP contribution in [0.3, 0.4) is 0 Å². The molecule has 0 aliphatic carbocycles. The normalized spacial score (nSPS) is 11.3. The van der Waals surface area contributed by atoms with E-state index in [0.717, 1.165) is 0 Å². The first kappa shape index (κ1) is 14.7. The Kier molecular flexibility index (Phi) is 6.20. The van der Waals surface area contributed by atoms with Crippen molar-refractivity contribution >= 4 is 34.3 Å². The van der Waals surface area contributed by atoms with E-state index in [1.807, 2.05) is 34.6 Å². The number of esters is 1. The molecular weight excluding hydrogens is 232 g/mol. The smallest absolute Gasteiger partial charge is 0.316 e. The van der Waals surface area contributed by atoms with Crippen LogP contribution in [0.1, 0.15) is 34.6 Å². The lowest BCUT2D eigenvalue weighted by Gasteiger charge is -2.19. The van der Waals surface area contributed by atoms with Crippen LogP contribution in [-0.2, 0) is 14.3 Å². The summed E-state index contributed by atoms with van der Waals surface area (Å²) in [6, 6.07) is 0. The molecule has 0 atom stereocenters. The number of thiocarbonyl (C=S) groups is 1. The summed E-state index contributed by atoms with van der Waals surface area (Å²) in [7, 11) is 0. The molecule has 0 spiro atoms. The van der Waals surface area contributed by atoms with E-state index in [9.17, 15) is 4.79 Å². The van der Waals surface area contributed by atoms with Crippen LogP contribution < -0.4 is 0 Å². The lowest BCUT2D eigenvalue weighted by atomic mass is 10.2. The van der Waals surface area contributed by atoms with E-state index in [2.05, 4.69) is 0 Å². The van der Waals surface area contributed by atoms with Gasteiger partial charge in [0.05, 0.1) is 11.9 Å². The summed E-state index contributed by atoms with van der Waals surface area (Å²) in [6.45, 7) is 9.27. The summed E-state index contributed by atoms with van der Waals surface area (Å²) < 4.78 is 10.7. The Balaban J connectivity index is 3.77. The molecule has 0 aliphatic heterocycles. The van der Waals surface area contributed by atoms with Gasteiger partial charge < -0.3 is 9.47 Å². The first-order chi connectivity index (χ1) is 6.70. The van der Waals surface area contributed by atoms with Crippen LogP contribution in [0, 0.1) is 0 Å². The van der Waals surface area contributed by atoms with Crippen molar-refractivity contribution in [1.82, 2.24) is 0 Å². The quantitative estimate of drug-likeness (QED) is 0.568. The fraction of sp³-hybridized carbons (Fsp3) is 0.800. The number of hydrogen-bond acceptors (Lipinski definition) is 5. The van der Waals surface area contributed by atoms with Crippen LogP contribution in [-0.4, -0.2) is 27.8 Å². The Bertz CT molecular complexity index is 231. The number of carbonyl (C=O) groups excluding carboxylic acids is 1. The van der Waals surface area contributed by atoms with Crippen LogP contribution in [0.15, 0.2) is 0 Å². The molecule has 0 N–H and O–H groups in total. The molecule has 0 aliphatic rings. The van der Waals surface area contributed by atoms with Gasteiger partial charge in [-0.2, -0.15) is 0 Å². The predicted octanol–water partition coefficient (Wildman–Crippen LogP) is 2.77. The van der Waals surface area contributed by atoms with E-state index in [-0.39, 0.29) is 17.8 Å². The van der Waals surface area contributed by atoms with Crippen LogP contribution in [0.4, 0.5) is 0 Å². The van der Waals surface area contributed by atoms with Gasteiger partial charge in [0.1, 0.15) is 5.60 Å². The second kappa shape index (κ2) is 6.33. The number of hydrogen-bond donors (Lipinski definition) is 0. The first-order valence-corrected chi connectivity index (χ1v) is 6.15. The Morgan fingerprint density at radius 3 is 2.33 bits per heavy atom.